The minimum absolute atomic E-state index is 0.187. The second kappa shape index (κ2) is 7.25. The van der Waals surface area contributed by atoms with Gasteiger partial charge in [0, 0.05) is 16.4 Å². The fourth-order valence-electron chi connectivity index (χ4n) is 2.74. The molecule has 6 heteroatoms. The van der Waals surface area contributed by atoms with Gasteiger partial charge in [0.25, 0.3) is 5.91 Å². The minimum atomic E-state index is -0.304. The van der Waals surface area contributed by atoms with Crippen molar-refractivity contribution in [2.75, 3.05) is 5.32 Å². The molecule has 4 nitrogen and oxygen atoms in total. The summed E-state index contributed by atoms with van der Waals surface area (Å²) in [5, 5.41) is 10.3. The molecule has 0 aliphatic carbocycles. The Morgan fingerprint density at radius 1 is 1.08 bits per heavy atom. The van der Waals surface area contributed by atoms with Crippen LogP contribution in [0.1, 0.15) is 24.1 Å². The van der Waals surface area contributed by atoms with Crippen LogP contribution in [-0.2, 0) is 4.79 Å². The molecule has 0 spiro atoms. The molecule has 1 atom stereocenters. The van der Waals surface area contributed by atoms with Crippen LogP contribution >= 0.6 is 23.8 Å². The number of aryl methyl sites for hydroxylation is 1. The monoisotopic (exact) mass is 371 g/mol. The number of amides is 1. The van der Waals surface area contributed by atoms with Crippen LogP contribution < -0.4 is 16.0 Å². The van der Waals surface area contributed by atoms with Crippen LogP contribution in [0.5, 0.6) is 0 Å². The van der Waals surface area contributed by atoms with Crippen molar-refractivity contribution in [3.8, 4) is 0 Å². The maximum Gasteiger partial charge on any atom is 0.255 e. The van der Waals surface area contributed by atoms with Gasteiger partial charge in [-0.3, -0.25) is 4.79 Å². The fourth-order valence-corrected chi connectivity index (χ4v) is 3.13. The van der Waals surface area contributed by atoms with Crippen molar-refractivity contribution in [1.29, 1.82) is 0 Å². The first-order valence-electron chi connectivity index (χ1n) is 7.86. The lowest BCUT2D eigenvalue weighted by Crippen LogP contribution is -2.45. The molecule has 2 aromatic rings. The number of carbonyl (C=O) groups is 1. The molecule has 0 saturated heterocycles. The zero-order chi connectivity index (χ0) is 18.0. The Morgan fingerprint density at radius 2 is 1.72 bits per heavy atom. The largest absolute Gasteiger partial charge is 0.351 e. The molecule has 3 N–H and O–H groups in total. The molecule has 1 amide bonds. The number of rotatable bonds is 3. The summed E-state index contributed by atoms with van der Waals surface area (Å²) >= 11 is 11.2. The molecule has 1 aliphatic rings. The van der Waals surface area contributed by atoms with Gasteiger partial charge in [-0.05, 0) is 55.9 Å². The van der Waals surface area contributed by atoms with Crippen LogP contribution in [0, 0.1) is 6.92 Å². The summed E-state index contributed by atoms with van der Waals surface area (Å²) in [6, 6.07) is 14.8. The molecular formula is C19H18ClN3OS. The smallest absolute Gasteiger partial charge is 0.255 e. The summed E-state index contributed by atoms with van der Waals surface area (Å²) in [5.41, 5.74) is 4.17. The Balaban J connectivity index is 1.92. The second-order valence-corrected chi connectivity index (χ2v) is 6.79. The molecule has 0 unspecified atom stereocenters. The zero-order valence-corrected chi connectivity index (χ0v) is 15.5. The second-order valence-electron chi connectivity index (χ2n) is 5.94. The Kier molecular flexibility index (Phi) is 5.06. The Bertz CT molecular complexity index is 844. The highest BCUT2D eigenvalue weighted by atomic mass is 35.5. The van der Waals surface area contributed by atoms with E-state index in [4.69, 9.17) is 23.8 Å². The number of benzene rings is 2. The average molecular weight is 372 g/mol. The number of anilines is 1. The van der Waals surface area contributed by atoms with Gasteiger partial charge in [0.05, 0.1) is 11.6 Å². The van der Waals surface area contributed by atoms with E-state index < -0.39 is 0 Å². The van der Waals surface area contributed by atoms with E-state index in [0.29, 0.717) is 21.4 Å². The molecule has 0 saturated carbocycles. The van der Waals surface area contributed by atoms with Gasteiger partial charge in [0.15, 0.2) is 5.11 Å². The highest BCUT2D eigenvalue weighted by Crippen LogP contribution is 2.28. The Hall–Kier alpha value is -2.37. The van der Waals surface area contributed by atoms with Crippen LogP contribution in [0.4, 0.5) is 5.69 Å². The summed E-state index contributed by atoms with van der Waals surface area (Å²) in [5.74, 6) is -0.187. The number of thiocarbonyl (C=S) groups is 1. The molecule has 1 aliphatic heterocycles. The predicted molar refractivity (Wildman–Crippen MR) is 106 cm³/mol. The SMILES string of the molecule is CC1=C(C(=O)Nc2ccc(Cl)cc2)[C@H](c2ccc(C)cc2)NC(=S)N1. The number of allylic oxidation sites excluding steroid dienone is 1. The van der Waals surface area contributed by atoms with Crippen molar-refractivity contribution in [2.24, 2.45) is 0 Å². The molecule has 0 bridgehead atoms. The third-order valence-electron chi connectivity index (χ3n) is 4.03. The van der Waals surface area contributed by atoms with Crippen LogP contribution in [0.25, 0.3) is 0 Å². The van der Waals surface area contributed by atoms with Gasteiger partial charge in [0.1, 0.15) is 0 Å². The zero-order valence-electron chi connectivity index (χ0n) is 13.9. The van der Waals surface area contributed by atoms with E-state index in [9.17, 15) is 4.79 Å². The van der Waals surface area contributed by atoms with Crippen molar-refractivity contribution < 1.29 is 4.79 Å². The molecule has 0 fully saturated rings. The van der Waals surface area contributed by atoms with Gasteiger partial charge in [-0.15, -0.1) is 0 Å². The number of nitrogens with one attached hydrogen (secondary N) is 3. The standard InChI is InChI=1S/C19H18ClN3OS/c1-11-3-5-13(6-4-11)17-16(12(2)21-19(25)23-17)18(24)22-15-9-7-14(20)8-10-15/h3-10,17H,1-2H3,(H,22,24)(H2,21,23,25)/t17-/m0/s1. The van der Waals surface area contributed by atoms with Crippen molar-refractivity contribution in [3.05, 3.63) is 76.0 Å². The highest BCUT2D eigenvalue weighted by Gasteiger charge is 2.29. The van der Waals surface area contributed by atoms with Crippen molar-refractivity contribution in [2.45, 2.75) is 19.9 Å². The van der Waals surface area contributed by atoms with Gasteiger partial charge in [0.2, 0.25) is 0 Å². The third-order valence-corrected chi connectivity index (χ3v) is 4.50. The molecule has 2 aromatic carbocycles. The predicted octanol–water partition coefficient (Wildman–Crippen LogP) is 4.08. The van der Waals surface area contributed by atoms with Gasteiger partial charge in [-0.1, -0.05) is 41.4 Å². The summed E-state index contributed by atoms with van der Waals surface area (Å²) < 4.78 is 0. The van der Waals surface area contributed by atoms with Crippen LogP contribution in [0.3, 0.4) is 0 Å². The maximum atomic E-state index is 12.9. The first-order valence-corrected chi connectivity index (χ1v) is 8.64. The van der Waals surface area contributed by atoms with E-state index in [0.717, 1.165) is 16.8 Å². The van der Waals surface area contributed by atoms with Crippen molar-refractivity contribution >= 4 is 40.5 Å². The molecule has 0 aromatic heterocycles. The van der Waals surface area contributed by atoms with E-state index in [1.54, 1.807) is 24.3 Å². The normalized spacial score (nSPS) is 16.9. The topological polar surface area (TPSA) is 53.2 Å². The lowest BCUT2D eigenvalue weighted by Gasteiger charge is -2.30. The summed E-state index contributed by atoms with van der Waals surface area (Å²) in [4.78, 5) is 12.9. The van der Waals surface area contributed by atoms with Crippen molar-refractivity contribution in [3.63, 3.8) is 0 Å². The first-order chi connectivity index (χ1) is 11.9. The lowest BCUT2D eigenvalue weighted by molar-refractivity contribution is -0.113. The Morgan fingerprint density at radius 3 is 2.36 bits per heavy atom. The maximum absolute atomic E-state index is 12.9. The first kappa shape index (κ1) is 17.5. The van der Waals surface area contributed by atoms with E-state index in [1.165, 1.54) is 0 Å². The van der Waals surface area contributed by atoms with Gasteiger partial charge in [-0.25, -0.2) is 0 Å². The number of hydrogen-bond acceptors (Lipinski definition) is 2. The minimum Gasteiger partial charge on any atom is -0.351 e. The molecule has 0 radical (unpaired) electrons. The average Bonchev–Trinajstić information content (AvgIpc) is 2.57. The lowest BCUT2D eigenvalue weighted by atomic mass is 9.94. The van der Waals surface area contributed by atoms with Gasteiger partial charge in [-0.2, -0.15) is 0 Å². The number of hydrogen-bond donors (Lipinski definition) is 3. The summed E-state index contributed by atoms with van der Waals surface area (Å²) in [6.07, 6.45) is 0. The van der Waals surface area contributed by atoms with E-state index >= 15 is 0 Å². The summed E-state index contributed by atoms with van der Waals surface area (Å²) in [6.45, 7) is 3.88. The van der Waals surface area contributed by atoms with Crippen molar-refractivity contribution in [1.82, 2.24) is 10.6 Å². The van der Waals surface area contributed by atoms with E-state index in [-0.39, 0.29) is 11.9 Å². The van der Waals surface area contributed by atoms with Crippen LogP contribution in [0.15, 0.2) is 59.8 Å². The third kappa shape index (κ3) is 4.00. The molecular weight excluding hydrogens is 354 g/mol. The molecule has 3 rings (SSSR count). The fraction of sp³-hybridized carbons (Fsp3) is 0.158. The number of carbonyl (C=O) groups excluding carboxylic acids is 1. The highest BCUT2D eigenvalue weighted by molar-refractivity contribution is 7.80. The van der Waals surface area contributed by atoms with Gasteiger partial charge >= 0.3 is 0 Å². The van der Waals surface area contributed by atoms with Crippen LogP contribution in [0.2, 0.25) is 5.02 Å². The quantitative estimate of drug-likeness (QED) is 0.711. The van der Waals surface area contributed by atoms with E-state index in [1.807, 2.05) is 38.1 Å². The number of halogens is 1. The molecule has 1 heterocycles. The van der Waals surface area contributed by atoms with Gasteiger partial charge < -0.3 is 16.0 Å². The molecule has 128 valence electrons. The Labute approximate surface area is 157 Å². The van der Waals surface area contributed by atoms with Crippen LogP contribution in [-0.4, -0.2) is 11.0 Å². The van der Waals surface area contributed by atoms with E-state index in [2.05, 4.69) is 16.0 Å². The molecule has 25 heavy (non-hydrogen) atoms. The summed E-state index contributed by atoms with van der Waals surface area (Å²) in [7, 11) is 0.